The van der Waals surface area contributed by atoms with Gasteiger partial charge in [-0.15, -0.1) is 0 Å². The molecule has 2 amide bonds. The van der Waals surface area contributed by atoms with Crippen molar-refractivity contribution in [3.63, 3.8) is 0 Å². The van der Waals surface area contributed by atoms with E-state index in [0.29, 0.717) is 0 Å². The summed E-state index contributed by atoms with van der Waals surface area (Å²) in [5, 5.41) is 10.5. The van der Waals surface area contributed by atoms with Crippen LogP contribution in [0, 0.1) is 10.1 Å². The van der Waals surface area contributed by atoms with Gasteiger partial charge in [-0.1, -0.05) is 0 Å². The molecule has 1 aromatic carbocycles. The number of hydrogen-bond donors (Lipinski definition) is 2. The fraction of sp³-hybridized carbons (Fsp3) is 0.0769. The highest BCUT2D eigenvalue weighted by molar-refractivity contribution is 5.95. The average Bonchev–Trinajstić information content (AvgIpc) is 2.55. The minimum Gasteiger partial charge on any atom is -0.290 e. The number of nitro groups is 1. The number of carbonyl (C=O) groups is 2. The Morgan fingerprint density at radius 3 is 2.48 bits per heavy atom. The first kappa shape index (κ1) is 15.8. The zero-order valence-electron chi connectivity index (χ0n) is 11.6. The van der Waals surface area contributed by atoms with Gasteiger partial charge in [0.2, 0.25) is 0 Å². The van der Waals surface area contributed by atoms with Gasteiger partial charge in [0.1, 0.15) is 6.54 Å². The molecule has 10 heteroatoms. The Morgan fingerprint density at radius 1 is 1.17 bits per heavy atom. The van der Waals surface area contributed by atoms with Crippen molar-refractivity contribution >= 4 is 17.5 Å². The molecule has 0 aliphatic rings. The van der Waals surface area contributed by atoms with Gasteiger partial charge in [0.15, 0.2) is 0 Å². The first-order valence-electron chi connectivity index (χ1n) is 6.31. The molecule has 0 radical (unpaired) electrons. The Kier molecular flexibility index (Phi) is 4.77. The van der Waals surface area contributed by atoms with Crippen molar-refractivity contribution in [1.82, 2.24) is 20.4 Å². The molecular weight excluding hydrogens is 306 g/mol. The SMILES string of the molecule is O=C(Cn1cnccc1=O)NNC(=O)c1ccc([N+](=O)[O-])cc1. The van der Waals surface area contributed by atoms with Crippen LogP contribution >= 0.6 is 0 Å². The number of non-ortho nitro benzene ring substituents is 1. The number of nitro benzene ring substituents is 1. The number of carbonyl (C=O) groups excluding carboxylic acids is 2. The van der Waals surface area contributed by atoms with Gasteiger partial charge in [0.25, 0.3) is 23.1 Å². The van der Waals surface area contributed by atoms with Crippen LogP contribution in [0.3, 0.4) is 0 Å². The molecule has 0 bridgehead atoms. The Labute approximate surface area is 128 Å². The second-order valence-corrected chi connectivity index (χ2v) is 4.35. The monoisotopic (exact) mass is 317 g/mol. The maximum absolute atomic E-state index is 11.8. The van der Waals surface area contributed by atoms with Gasteiger partial charge < -0.3 is 0 Å². The number of rotatable bonds is 4. The van der Waals surface area contributed by atoms with Crippen LogP contribution in [0.25, 0.3) is 0 Å². The number of amides is 2. The van der Waals surface area contributed by atoms with Crippen LogP contribution in [0.4, 0.5) is 5.69 Å². The molecule has 0 aliphatic heterocycles. The molecule has 2 N–H and O–H groups in total. The molecule has 1 heterocycles. The van der Waals surface area contributed by atoms with E-state index >= 15 is 0 Å². The number of hydrazine groups is 1. The molecule has 0 saturated carbocycles. The number of benzene rings is 1. The standard InChI is InChI=1S/C13H11N5O5/c19-11(7-17-8-14-6-5-12(17)20)15-16-13(21)9-1-3-10(4-2-9)18(22)23/h1-6,8H,7H2,(H,15,19)(H,16,21). The summed E-state index contributed by atoms with van der Waals surface area (Å²) in [6, 6.07) is 6.05. The molecule has 0 atom stereocenters. The van der Waals surface area contributed by atoms with E-state index < -0.39 is 22.3 Å². The Balaban J connectivity index is 1.91. The highest BCUT2D eigenvalue weighted by Gasteiger charge is 2.10. The molecular formula is C13H11N5O5. The van der Waals surface area contributed by atoms with E-state index in [1.807, 2.05) is 0 Å². The Morgan fingerprint density at radius 2 is 1.87 bits per heavy atom. The zero-order chi connectivity index (χ0) is 16.8. The van der Waals surface area contributed by atoms with E-state index in [2.05, 4.69) is 15.8 Å². The molecule has 0 saturated heterocycles. The second kappa shape index (κ2) is 6.93. The van der Waals surface area contributed by atoms with E-state index in [-0.39, 0.29) is 17.8 Å². The summed E-state index contributed by atoms with van der Waals surface area (Å²) in [6.45, 7) is -0.312. The van der Waals surface area contributed by atoms with Crippen molar-refractivity contribution < 1.29 is 14.5 Å². The van der Waals surface area contributed by atoms with Gasteiger partial charge in [-0.05, 0) is 12.1 Å². The van der Waals surface area contributed by atoms with Gasteiger partial charge in [0, 0.05) is 30.0 Å². The van der Waals surface area contributed by atoms with Gasteiger partial charge in [0.05, 0.1) is 11.3 Å². The largest absolute Gasteiger partial charge is 0.290 e. The molecule has 23 heavy (non-hydrogen) atoms. The molecule has 0 spiro atoms. The summed E-state index contributed by atoms with van der Waals surface area (Å²) in [5.41, 5.74) is 3.85. The number of hydrogen-bond acceptors (Lipinski definition) is 6. The first-order valence-corrected chi connectivity index (χ1v) is 6.31. The predicted molar refractivity (Wildman–Crippen MR) is 77.2 cm³/mol. The van der Waals surface area contributed by atoms with Crippen molar-refractivity contribution in [3.05, 3.63) is 68.9 Å². The van der Waals surface area contributed by atoms with Gasteiger partial charge in [-0.3, -0.25) is 39.9 Å². The maximum atomic E-state index is 11.8. The van der Waals surface area contributed by atoms with E-state index in [1.165, 1.54) is 42.9 Å². The third kappa shape index (κ3) is 4.20. The van der Waals surface area contributed by atoms with E-state index in [0.717, 1.165) is 4.57 Å². The molecule has 118 valence electrons. The Bertz CT molecular complexity index is 799. The maximum Gasteiger partial charge on any atom is 0.269 e. The van der Waals surface area contributed by atoms with Gasteiger partial charge in [-0.25, -0.2) is 4.98 Å². The molecule has 0 fully saturated rings. The lowest BCUT2D eigenvalue weighted by atomic mass is 10.2. The fourth-order valence-electron chi connectivity index (χ4n) is 1.62. The molecule has 1 aromatic heterocycles. The topological polar surface area (TPSA) is 136 Å². The first-order chi connectivity index (χ1) is 11.0. The average molecular weight is 317 g/mol. The summed E-state index contributed by atoms with van der Waals surface area (Å²) in [4.78, 5) is 48.4. The quantitative estimate of drug-likeness (QED) is 0.582. The summed E-state index contributed by atoms with van der Waals surface area (Å²) < 4.78 is 1.06. The molecule has 2 aromatic rings. The van der Waals surface area contributed by atoms with Crippen LogP contribution in [0.1, 0.15) is 10.4 Å². The van der Waals surface area contributed by atoms with Crippen LogP contribution in [0.15, 0.2) is 47.7 Å². The van der Waals surface area contributed by atoms with Crippen molar-refractivity contribution in [1.29, 1.82) is 0 Å². The van der Waals surface area contributed by atoms with Gasteiger partial charge >= 0.3 is 0 Å². The van der Waals surface area contributed by atoms with Crippen LogP contribution in [0.5, 0.6) is 0 Å². The van der Waals surface area contributed by atoms with Gasteiger partial charge in [-0.2, -0.15) is 0 Å². The number of nitrogens with one attached hydrogen (secondary N) is 2. The lowest BCUT2D eigenvalue weighted by Gasteiger charge is -2.08. The number of nitrogens with zero attached hydrogens (tertiary/aromatic N) is 3. The number of aromatic nitrogens is 2. The summed E-state index contributed by atoms with van der Waals surface area (Å²) in [5.74, 6) is -1.28. The molecule has 0 aliphatic carbocycles. The molecule has 2 rings (SSSR count). The minimum absolute atomic E-state index is 0.134. The highest BCUT2D eigenvalue weighted by atomic mass is 16.6. The molecule has 10 nitrogen and oxygen atoms in total. The van der Waals surface area contributed by atoms with Crippen molar-refractivity contribution in [2.45, 2.75) is 6.54 Å². The summed E-state index contributed by atoms with van der Waals surface area (Å²) >= 11 is 0. The van der Waals surface area contributed by atoms with Crippen LogP contribution in [0.2, 0.25) is 0 Å². The fourth-order valence-corrected chi connectivity index (χ4v) is 1.62. The lowest BCUT2D eigenvalue weighted by Crippen LogP contribution is -2.44. The Hall–Kier alpha value is -3.56. The van der Waals surface area contributed by atoms with Crippen LogP contribution in [-0.2, 0) is 11.3 Å². The van der Waals surface area contributed by atoms with Crippen molar-refractivity contribution in [2.24, 2.45) is 0 Å². The molecule has 0 unspecified atom stereocenters. The lowest BCUT2D eigenvalue weighted by molar-refractivity contribution is -0.384. The third-order valence-electron chi connectivity index (χ3n) is 2.76. The van der Waals surface area contributed by atoms with Crippen molar-refractivity contribution in [3.8, 4) is 0 Å². The van der Waals surface area contributed by atoms with E-state index in [1.54, 1.807) is 0 Å². The van der Waals surface area contributed by atoms with E-state index in [9.17, 15) is 24.5 Å². The summed E-state index contributed by atoms with van der Waals surface area (Å²) in [7, 11) is 0. The van der Waals surface area contributed by atoms with Crippen LogP contribution < -0.4 is 16.4 Å². The highest BCUT2D eigenvalue weighted by Crippen LogP contribution is 2.11. The smallest absolute Gasteiger partial charge is 0.269 e. The predicted octanol–water partition coefficient (Wildman–Crippen LogP) is -0.387. The second-order valence-electron chi connectivity index (χ2n) is 4.35. The third-order valence-corrected chi connectivity index (χ3v) is 2.76. The van der Waals surface area contributed by atoms with E-state index in [4.69, 9.17) is 0 Å². The van der Waals surface area contributed by atoms with Crippen LogP contribution in [-0.4, -0.2) is 26.3 Å². The normalized spacial score (nSPS) is 9.91. The summed E-state index contributed by atoms with van der Waals surface area (Å²) in [6.07, 6.45) is 2.49. The zero-order valence-corrected chi connectivity index (χ0v) is 11.6. The minimum atomic E-state index is -0.646. The van der Waals surface area contributed by atoms with Crippen molar-refractivity contribution in [2.75, 3.05) is 0 Å².